The van der Waals surface area contributed by atoms with Gasteiger partial charge in [-0.25, -0.2) is 0 Å². The molecule has 0 saturated carbocycles. The van der Waals surface area contributed by atoms with E-state index >= 15 is 0 Å². The Hall–Kier alpha value is -0.0700. The van der Waals surface area contributed by atoms with Gasteiger partial charge in [-0.15, -0.1) is 11.8 Å². The van der Waals surface area contributed by atoms with Crippen LogP contribution in [0.2, 0.25) is 10.0 Å². The van der Waals surface area contributed by atoms with Gasteiger partial charge in [-0.2, -0.15) is 11.8 Å². The van der Waals surface area contributed by atoms with E-state index in [1.807, 2.05) is 0 Å². The van der Waals surface area contributed by atoms with Crippen molar-refractivity contribution in [3.63, 3.8) is 0 Å². The largest absolute Gasteiger partial charge is 0.396 e. The fourth-order valence-corrected chi connectivity index (χ4v) is 3.42. The van der Waals surface area contributed by atoms with E-state index in [2.05, 4.69) is 5.32 Å². The molecule has 2 N–H and O–H groups in total. The lowest BCUT2D eigenvalue weighted by atomic mass is 10.4. The molecule has 0 fully saturated rings. The highest BCUT2D eigenvalue weighted by Gasteiger charge is 2.06. The second-order valence-electron chi connectivity index (χ2n) is 3.90. The van der Waals surface area contributed by atoms with Gasteiger partial charge >= 0.3 is 0 Å². The Morgan fingerprint density at radius 2 is 2.10 bits per heavy atom. The van der Waals surface area contributed by atoms with Crippen LogP contribution in [0.15, 0.2) is 23.1 Å². The zero-order valence-corrected chi connectivity index (χ0v) is 14.0. The number of benzene rings is 1. The second-order valence-corrected chi connectivity index (χ2v) is 6.99. The van der Waals surface area contributed by atoms with Crippen LogP contribution < -0.4 is 5.32 Å². The minimum Gasteiger partial charge on any atom is -0.396 e. The molecule has 0 aliphatic carbocycles. The highest BCUT2D eigenvalue weighted by atomic mass is 35.5. The number of hydrogen-bond acceptors (Lipinski definition) is 4. The van der Waals surface area contributed by atoms with Gasteiger partial charge in [0.25, 0.3) is 0 Å². The molecule has 0 radical (unpaired) electrons. The zero-order valence-electron chi connectivity index (χ0n) is 10.9. The molecule has 3 nitrogen and oxygen atoms in total. The van der Waals surface area contributed by atoms with Gasteiger partial charge in [0.05, 0.1) is 10.8 Å². The Bertz CT molecular complexity index is 433. The highest BCUT2D eigenvalue weighted by molar-refractivity contribution is 8.00. The van der Waals surface area contributed by atoms with Crippen LogP contribution in [-0.2, 0) is 4.79 Å². The van der Waals surface area contributed by atoms with Crippen molar-refractivity contribution in [1.29, 1.82) is 0 Å². The number of amides is 1. The van der Waals surface area contributed by atoms with Crippen LogP contribution in [0.3, 0.4) is 0 Å². The van der Waals surface area contributed by atoms with Crippen LogP contribution in [0.5, 0.6) is 0 Å². The topological polar surface area (TPSA) is 49.3 Å². The number of thioether (sulfide) groups is 2. The maximum Gasteiger partial charge on any atom is 0.230 e. The third-order valence-corrected chi connectivity index (χ3v) is 5.07. The van der Waals surface area contributed by atoms with Gasteiger partial charge in [0.1, 0.15) is 0 Å². The van der Waals surface area contributed by atoms with Gasteiger partial charge in [0.2, 0.25) is 5.91 Å². The molecule has 1 amide bonds. The van der Waals surface area contributed by atoms with E-state index in [-0.39, 0.29) is 12.5 Å². The summed E-state index contributed by atoms with van der Waals surface area (Å²) in [6.45, 7) is 0.856. The van der Waals surface area contributed by atoms with Gasteiger partial charge in [0, 0.05) is 28.8 Å². The summed E-state index contributed by atoms with van der Waals surface area (Å²) in [5.74, 6) is 2.07. The molecule has 1 aromatic carbocycles. The van der Waals surface area contributed by atoms with E-state index < -0.39 is 0 Å². The molecule has 1 aromatic rings. The quantitative estimate of drug-likeness (QED) is 0.528. The van der Waals surface area contributed by atoms with Gasteiger partial charge in [-0.05, 0) is 30.4 Å². The summed E-state index contributed by atoms with van der Waals surface area (Å²) in [5, 5.41) is 12.7. The van der Waals surface area contributed by atoms with Crippen LogP contribution in [0.4, 0.5) is 0 Å². The molecule has 20 heavy (non-hydrogen) atoms. The van der Waals surface area contributed by atoms with E-state index in [0.717, 1.165) is 22.8 Å². The first-order valence-corrected chi connectivity index (χ1v) is 9.06. The summed E-state index contributed by atoms with van der Waals surface area (Å²) in [4.78, 5) is 12.5. The van der Waals surface area contributed by atoms with Crippen molar-refractivity contribution in [2.45, 2.75) is 11.3 Å². The summed E-state index contributed by atoms with van der Waals surface area (Å²) in [7, 11) is 0. The fourth-order valence-electron chi connectivity index (χ4n) is 1.31. The van der Waals surface area contributed by atoms with E-state index in [4.69, 9.17) is 28.3 Å². The molecule has 0 aliphatic heterocycles. The normalized spacial score (nSPS) is 10.6. The van der Waals surface area contributed by atoms with Gasteiger partial charge in [0.15, 0.2) is 0 Å². The van der Waals surface area contributed by atoms with E-state index in [0.29, 0.717) is 22.3 Å². The summed E-state index contributed by atoms with van der Waals surface area (Å²) < 4.78 is 0. The van der Waals surface area contributed by atoms with Gasteiger partial charge in [-0.3, -0.25) is 4.79 Å². The van der Waals surface area contributed by atoms with E-state index in [1.54, 1.807) is 30.0 Å². The molecule has 0 atom stereocenters. The Labute approximate surface area is 137 Å². The van der Waals surface area contributed by atoms with Crippen molar-refractivity contribution in [2.24, 2.45) is 0 Å². The van der Waals surface area contributed by atoms with Crippen molar-refractivity contribution in [3.8, 4) is 0 Å². The fraction of sp³-hybridized carbons (Fsp3) is 0.462. The lowest BCUT2D eigenvalue weighted by molar-refractivity contribution is -0.118. The van der Waals surface area contributed by atoms with Crippen molar-refractivity contribution in [1.82, 2.24) is 5.32 Å². The molecule has 7 heteroatoms. The number of hydrogen-bond donors (Lipinski definition) is 2. The second kappa shape index (κ2) is 10.6. The van der Waals surface area contributed by atoms with Crippen molar-refractivity contribution >= 4 is 52.6 Å². The third kappa shape index (κ3) is 7.64. The summed E-state index contributed by atoms with van der Waals surface area (Å²) in [6.07, 6.45) is 0.793. The summed E-state index contributed by atoms with van der Waals surface area (Å²) in [5.41, 5.74) is 0. The molecule has 0 bridgehead atoms. The van der Waals surface area contributed by atoms with Crippen molar-refractivity contribution in [2.75, 3.05) is 30.4 Å². The number of halogens is 2. The predicted molar refractivity (Wildman–Crippen MR) is 89.2 cm³/mol. The Kier molecular flexibility index (Phi) is 9.55. The first kappa shape index (κ1) is 18.0. The Balaban J connectivity index is 2.18. The molecule has 0 aliphatic rings. The minimum absolute atomic E-state index is 0.0196. The molecule has 0 spiro atoms. The number of nitrogens with one attached hydrogen (secondary N) is 1. The highest BCUT2D eigenvalue weighted by Crippen LogP contribution is 2.29. The summed E-state index contributed by atoms with van der Waals surface area (Å²) in [6, 6.07) is 5.20. The van der Waals surface area contributed by atoms with Crippen LogP contribution in [0, 0.1) is 0 Å². The molecule has 0 unspecified atom stereocenters. The molecule has 0 saturated heterocycles. The number of aliphatic hydroxyl groups excluding tert-OH is 1. The lowest BCUT2D eigenvalue weighted by Gasteiger charge is -2.06. The smallest absolute Gasteiger partial charge is 0.230 e. The minimum atomic E-state index is -0.0196. The average molecular weight is 354 g/mol. The van der Waals surface area contributed by atoms with E-state index in [9.17, 15) is 4.79 Å². The monoisotopic (exact) mass is 353 g/mol. The molecular formula is C13H17Cl2NO2S2. The third-order valence-electron chi connectivity index (χ3n) is 2.27. The molecular weight excluding hydrogens is 337 g/mol. The number of rotatable bonds is 9. The first-order valence-electron chi connectivity index (χ1n) is 6.16. The van der Waals surface area contributed by atoms with Crippen LogP contribution in [0.1, 0.15) is 6.42 Å². The Morgan fingerprint density at radius 3 is 2.85 bits per heavy atom. The molecule has 1 rings (SSSR count). The number of carbonyl (C=O) groups excluding carboxylic acids is 1. The number of aliphatic hydroxyl groups is 1. The van der Waals surface area contributed by atoms with Crippen LogP contribution in [0.25, 0.3) is 0 Å². The van der Waals surface area contributed by atoms with E-state index in [1.165, 1.54) is 11.8 Å². The van der Waals surface area contributed by atoms with Crippen molar-refractivity contribution < 1.29 is 9.90 Å². The van der Waals surface area contributed by atoms with Crippen LogP contribution in [-0.4, -0.2) is 41.4 Å². The maximum atomic E-state index is 11.6. The maximum absolute atomic E-state index is 11.6. The average Bonchev–Trinajstić information content (AvgIpc) is 2.43. The number of carbonyl (C=O) groups is 1. The standard InChI is InChI=1S/C13H17Cl2NO2S2/c14-10-2-3-11(15)12(8-10)20-9-13(18)16-4-7-19-6-1-5-17/h2-3,8,17H,1,4-7,9H2,(H,16,18). The predicted octanol–water partition coefficient (Wildman–Crippen LogP) is 3.32. The summed E-state index contributed by atoms with van der Waals surface area (Å²) >= 11 is 15.0. The van der Waals surface area contributed by atoms with Gasteiger partial charge in [-0.1, -0.05) is 23.2 Å². The first-order chi connectivity index (χ1) is 9.63. The molecule has 0 heterocycles. The SMILES string of the molecule is O=C(CSc1cc(Cl)ccc1Cl)NCCSCCCO. The van der Waals surface area contributed by atoms with Crippen LogP contribution >= 0.6 is 46.7 Å². The molecule has 112 valence electrons. The van der Waals surface area contributed by atoms with Gasteiger partial charge < -0.3 is 10.4 Å². The molecule has 0 aromatic heterocycles. The zero-order chi connectivity index (χ0) is 14.8. The van der Waals surface area contributed by atoms with Crippen molar-refractivity contribution in [3.05, 3.63) is 28.2 Å². The lowest BCUT2D eigenvalue weighted by Crippen LogP contribution is -2.27. The Morgan fingerprint density at radius 1 is 1.30 bits per heavy atom.